The summed E-state index contributed by atoms with van der Waals surface area (Å²) in [5, 5.41) is 0. The van der Waals surface area contributed by atoms with Crippen LogP contribution in [0.4, 0.5) is 0 Å². The molecular formula is C22H29N3O3. The van der Waals surface area contributed by atoms with Gasteiger partial charge in [-0.2, -0.15) is 0 Å². The van der Waals surface area contributed by atoms with Crippen LogP contribution in [0.2, 0.25) is 0 Å². The number of oxazole rings is 1. The number of ether oxygens (including phenoxy) is 1. The molecule has 2 fully saturated rings. The largest absolute Gasteiger partial charge is 0.497 e. The third-order valence-corrected chi connectivity index (χ3v) is 6.44. The van der Waals surface area contributed by atoms with Crippen molar-refractivity contribution in [2.45, 2.75) is 38.8 Å². The minimum atomic E-state index is 0.293. The number of amides is 1. The second-order valence-corrected chi connectivity index (χ2v) is 8.29. The average Bonchev–Trinajstić information content (AvgIpc) is 3.26. The Labute approximate surface area is 166 Å². The van der Waals surface area contributed by atoms with Crippen LogP contribution < -0.4 is 4.74 Å². The van der Waals surface area contributed by atoms with Crippen molar-refractivity contribution in [1.82, 2.24) is 14.8 Å². The van der Waals surface area contributed by atoms with Gasteiger partial charge < -0.3 is 14.1 Å². The zero-order valence-corrected chi connectivity index (χ0v) is 17.1. The first-order valence-electron chi connectivity index (χ1n) is 9.99. The molecule has 0 N–H and O–H groups in total. The Bertz CT molecular complexity index is 845. The summed E-state index contributed by atoms with van der Waals surface area (Å²) in [6.45, 7) is 3.64. The van der Waals surface area contributed by atoms with E-state index in [4.69, 9.17) is 14.1 Å². The Hall–Kier alpha value is -2.34. The van der Waals surface area contributed by atoms with Crippen LogP contribution in [0.1, 0.15) is 30.7 Å². The van der Waals surface area contributed by atoms with Gasteiger partial charge in [0.05, 0.1) is 12.8 Å². The molecule has 3 atom stereocenters. The highest BCUT2D eigenvalue weighted by atomic mass is 16.5. The van der Waals surface area contributed by atoms with Gasteiger partial charge in [0.15, 0.2) is 0 Å². The number of fused-ring (bicyclic) bond motifs is 1. The molecule has 6 nitrogen and oxygen atoms in total. The molecule has 1 aliphatic heterocycles. The molecule has 4 rings (SSSR count). The molecule has 0 radical (unpaired) electrons. The van der Waals surface area contributed by atoms with E-state index in [0.29, 0.717) is 36.1 Å². The number of hydrogen-bond donors (Lipinski definition) is 0. The lowest BCUT2D eigenvalue weighted by molar-refractivity contribution is -0.134. The highest BCUT2D eigenvalue weighted by Crippen LogP contribution is 2.40. The van der Waals surface area contributed by atoms with Gasteiger partial charge in [0, 0.05) is 38.2 Å². The number of methoxy groups -OCH3 is 1. The standard InChI is InChI=1S/C22H29N3O3/c1-14-20(23-22(28-14)15-5-7-19(27-4)8-6-15)13-24(2)18-9-16-11-21(26)25(3)12-17(16)10-18/h5-8,16-18H,9-13H2,1-4H3/t16-,17+,18-/m0/s1. The van der Waals surface area contributed by atoms with Crippen LogP contribution in [-0.2, 0) is 11.3 Å². The molecule has 1 saturated heterocycles. The first kappa shape index (κ1) is 19.0. The van der Waals surface area contributed by atoms with Gasteiger partial charge >= 0.3 is 0 Å². The van der Waals surface area contributed by atoms with Crippen molar-refractivity contribution >= 4 is 5.91 Å². The van der Waals surface area contributed by atoms with E-state index in [1.165, 1.54) is 0 Å². The maximum Gasteiger partial charge on any atom is 0.226 e. The normalized spacial score (nSPS) is 24.7. The molecule has 1 amide bonds. The Balaban J connectivity index is 1.43. The van der Waals surface area contributed by atoms with Crippen molar-refractivity contribution in [3.8, 4) is 17.2 Å². The fraction of sp³-hybridized carbons (Fsp3) is 0.545. The van der Waals surface area contributed by atoms with E-state index in [9.17, 15) is 4.79 Å². The first-order valence-corrected chi connectivity index (χ1v) is 9.99. The van der Waals surface area contributed by atoms with Crippen molar-refractivity contribution < 1.29 is 13.9 Å². The fourth-order valence-electron chi connectivity index (χ4n) is 4.64. The maximum atomic E-state index is 12.0. The molecule has 0 unspecified atom stereocenters. The molecule has 0 spiro atoms. The molecule has 2 heterocycles. The summed E-state index contributed by atoms with van der Waals surface area (Å²) >= 11 is 0. The van der Waals surface area contributed by atoms with Crippen LogP contribution in [0.15, 0.2) is 28.7 Å². The first-order chi connectivity index (χ1) is 13.4. The monoisotopic (exact) mass is 383 g/mol. The van der Waals surface area contributed by atoms with Crippen LogP contribution in [0.5, 0.6) is 5.75 Å². The second kappa shape index (κ2) is 7.59. The Morgan fingerprint density at radius 1 is 1.25 bits per heavy atom. The number of benzene rings is 1. The van der Waals surface area contributed by atoms with E-state index in [1.54, 1.807) is 7.11 Å². The summed E-state index contributed by atoms with van der Waals surface area (Å²) < 4.78 is 11.1. The second-order valence-electron chi connectivity index (χ2n) is 8.29. The lowest BCUT2D eigenvalue weighted by atomic mass is 9.88. The number of likely N-dealkylation sites (tertiary alicyclic amines) is 1. The van der Waals surface area contributed by atoms with Gasteiger partial charge in [-0.15, -0.1) is 0 Å². The summed E-state index contributed by atoms with van der Waals surface area (Å²) in [5.74, 6) is 3.78. The van der Waals surface area contributed by atoms with Gasteiger partial charge in [-0.25, -0.2) is 4.98 Å². The molecule has 150 valence electrons. The minimum Gasteiger partial charge on any atom is -0.497 e. The van der Waals surface area contributed by atoms with Crippen LogP contribution in [0, 0.1) is 18.8 Å². The van der Waals surface area contributed by atoms with Crippen LogP contribution in [-0.4, -0.2) is 54.5 Å². The lowest BCUT2D eigenvalue weighted by Gasteiger charge is -2.31. The third-order valence-electron chi connectivity index (χ3n) is 6.44. The minimum absolute atomic E-state index is 0.293. The topological polar surface area (TPSA) is 58.8 Å². The van der Waals surface area contributed by atoms with Crippen molar-refractivity contribution in [3.63, 3.8) is 0 Å². The van der Waals surface area contributed by atoms with Gasteiger partial charge in [0.2, 0.25) is 11.8 Å². The van der Waals surface area contributed by atoms with Gasteiger partial charge in [-0.05, 0) is 62.9 Å². The van der Waals surface area contributed by atoms with E-state index in [2.05, 4.69) is 11.9 Å². The van der Waals surface area contributed by atoms with Gasteiger partial charge in [-0.3, -0.25) is 9.69 Å². The lowest BCUT2D eigenvalue weighted by Crippen LogP contribution is -2.39. The highest BCUT2D eigenvalue weighted by molar-refractivity contribution is 5.77. The molecule has 1 aliphatic carbocycles. The Morgan fingerprint density at radius 3 is 2.68 bits per heavy atom. The van der Waals surface area contributed by atoms with Crippen molar-refractivity contribution in [2.24, 2.45) is 11.8 Å². The maximum absolute atomic E-state index is 12.0. The molecule has 6 heteroatoms. The third kappa shape index (κ3) is 3.65. The summed E-state index contributed by atoms with van der Waals surface area (Å²) in [7, 11) is 5.75. The van der Waals surface area contributed by atoms with Gasteiger partial charge in [-0.1, -0.05) is 0 Å². The molecule has 1 aromatic heterocycles. The van der Waals surface area contributed by atoms with E-state index in [-0.39, 0.29) is 0 Å². The number of rotatable bonds is 5. The van der Waals surface area contributed by atoms with Crippen LogP contribution in [0.25, 0.3) is 11.5 Å². The van der Waals surface area contributed by atoms with Gasteiger partial charge in [0.1, 0.15) is 11.5 Å². The Kier molecular flexibility index (Phi) is 5.15. The molecule has 28 heavy (non-hydrogen) atoms. The molecule has 1 saturated carbocycles. The quantitative estimate of drug-likeness (QED) is 0.792. The number of hydrogen-bond acceptors (Lipinski definition) is 5. The zero-order valence-electron chi connectivity index (χ0n) is 17.1. The summed E-state index contributed by atoms with van der Waals surface area (Å²) in [6.07, 6.45) is 2.96. The molecule has 2 aromatic rings. The SMILES string of the molecule is COc1ccc(-c2nc(CN(C)[C@H]3C[C@H]4CC(=O)N(C)C[C@H]4C3)c(C)o2)cc1. The highest BCUT2D eigenvalue weighted by Gasteiger charge is 2.41. The number of aryl methyl sites for hydroxylation is 1. The zero-order chi connectivity index (χ0) is 19.8. The number of nitrogens with zero attached hydrogens (tertiary/aromatic N) is 3. The van der Waals surface area contributed by atoms with E-state index < -0.39 is 0 Å². The average molecular weight is 383 g/mol. The smallest absolute Gasteiger partial charge is 0.226 e. The predicted molar refractivity (Wildman–Crippen MR) is 107 cm³/mol. The summed E-state index contributed by atoms with van der Waals surface area (Å²) in [4.78, 5) is 21.0. The van der Waals surface area contributed by atoms with Crippen molar-refractivity contribution in [1.29, 1.82) is 0 Å². The number of piperidine rings is 1. The molecular weight excluding hydrogens is 354 g/mol. The van der Waals surface area contributed by atoms with E-state index >= 15 is 0 Å². The molecule has 0 bridgehead atoms. The van der Waals surface area contributed by atoms with Crippen LogP contribution >= 0.6 is 0 Å². The summed E-state index contributed by atoms with van der Waals surface area (Å²) in [5.41, 5.74) is 1.93. The number of carbonyl (C=O) groups excluding carboxylic acids is 1. The Morgan fingerprint density at radius 2 is 1.96 bits per heavy atom. The fourth-order valence-corrected chi connectivity index (χ4v) is 4.64. The molecule has 2 aliphatic rings. The van der Waals surface area contributed by atoms with E-state index in [0.717, 1.165) is 48.7 Å². The number of aromatic nitrogens is 1. The van der Waals surface area contributed by atoms with E-state index in [1.807, 2.05) is 43.1 Å². The van der Waals surface area contributed by atoms with Crippen molar-refractivity contribution in [3.05, 3.63) is 35.7 Å². The van der Waals surface area contributed by atoms with Crippen molar-refractivity contribution in [2.75, 3.05) is 27.7 Å². The number of carbonyl (C=O) groups is 1. The predicted octanol–water partition coefficient (Wildman–Crippen LogP) is 3.35. The van der Waals surface area contributed by atoms with Crippen LogP contribution in [0.3, 0.4) is 0 Å². The summed E-state index contributed by atoms with van der Waals surface area (Å²) in [6, 6.07) is 8.26. The molecule has 1 aromatic carbocycles. The van der Waals surface area contributed by atoms with Gasteiger partial charge in [0.25, 0.3) is 0 Å².